The minimum Gasteiger partial charge on any atom is -0.366 e. The molecule has 2 aromatic rings. The van der Waals surface area contributed by atoms with Gasteiger partial charge in [-0.05, 0) is 35.6 Å². The van der Waals surface area contributed by atoms with Gasteiger partial charge >= 0.3 is 0 Å². The topological polar surface area (TPSA) is 24.9 Å². The van der Waals surface area contributed by atoms with Gasteiger partial charge in [0.2, 0.25) is 5.95 Å². The fourth-order valence-corrected chi connectivity index (χ4v) is 1.96. The van der Waals surface area contributed by atoms with E-state index in [1.165, 1.54) is 17.2 Å². The van der Waals surface area contributed by atoms with Crippen molar-refractivity contribution in [3.05, 3.63) is 59.5 Å². The first-order chi connectivity index (χ1) is 9.13. The van der Waals surface area contributed by atoms with Crippen LogP contribution in [0.5, 0.6) is 0 Å². The molecule has 0 aliphatic carbocycles. The molecule has 100 valence electrons. The van der Waals surface area contributed by atoms with Crippen molar-refractivity contribution >= 4 is 5.82 Å². The average Bonchev–Trinajstić information content (AvgIpc) is 2.37. The quantitative estimate of drug-likeness (QED) is 0.819. The largest absolute Gasteiger partial charge is 0.366 e. The number of pyridine rings is 1. The van der Waals surface area contributed by atoms with E-state index in [2.05, 4.69) is 48.4 Å². The predicted octanol–water partition coefficient (Wildman–Crippen LogP) is 4.03. The third kappa shape index (κ3) is 4.36. The maximum absolute atomic E-state index is 12.9. The lowest BCUT2D eigenvalue weighted by molar-refractivity contribution is 0.585. The van der Waals surface area contributed by atoms with Crippen molar-refractivity contribution in [1.82, 2.24) is 4.98 Å². The van der Waals surface area contributed by atoms with Crippen molar-refractivity contribution < 1.29 is 4.39 Å². The number of benzene rings is 1. The van der Waals surface area contributed by atoms with Crippen LogP contribution in [-0.4, -0.2) is 4.98 Å². The van der Waals surface area contributed by atoms with Crippen LogP contribution in [0.15, 0.2) is 42.5 Å². The van der Waals surface area contributed by atoms with Crippen LogP contribution in [0.4, 0.5) is 10.2 Å². The SMILES string of the molecule is CC(C)Cc1ccc(CNc2cccc(F)n2)cc1. The monoisotopic (exact) mass is 258 g/mol. The highest BCUT2D eigenvalue weighted by Gasteiger charge is 1.99. The molecule has 0 aliphatic rings. The van der Waals surface area contributed by atoms with Crippen LogP contribution in [0.2, 0.25) is 0 Å². The van der Waals surface area contributed by atoms with Gasteiger partial charge in [-0.3, -0.25) is 0 Å². The number of nitrogens with one attached hydrogen (secondary N) is 1. The molecule has 0 spiro atoms. The molecule has 0 radical (unpaired) electrons. The Morgan fingerprint density at radius 2 is 1.74 bits per heavy atom. The van der Waals surface area contributed by atoms with Crippen molar-refractivity contribution in [3.8, 4) is 0 Å². The Bertz CT molecular complexity index is 521. The molecule has 0 amide bonds. The maximum Gasteiger partial charge on any atom is 0.214 e. The third-order valence-electron chi connectivity index (χ3n) is 2.86. The van der Waals surface area contributed by atoms with Crippen LogP contribution in [0.25, 0.3) is 0 Å². The van der Waals surface area contributed by atoms with Crippen LogP contribution in [0.3, 0.4) is 0 Å². The Balaban J connectivity index is 1.93. The van der Waals surface area contributed by atoms with E-state index < -0.39 is 5.95 Å². The van der Waals surface area contributed by atoms with Gasteiger partial charge < -0.3 is 5.32 Å². The normalized spacial score (nSPS) is 10.7. The van der Waals surface area contributed by atoms with E-state index in [9.17, 15) is 4.39 Å². The summed E-state index contributed by atoms with van der Waals surface area (Å²) in [6.45, 7) is 5.08. The van der Waals surface area contributed by atoms with Crippen LogP contribution >= 0.6 is 0 Å². The highest BCUT2D eigenvalue weighted by atomic mass is 19.1. The number of rotatable bonds is 5. The number of halogens is 1. The van der Waals surface area contributed by atoms with Crippen LogP contribution in [0, 0.1) is 11.9 Å². The summed E-state index contributed by atoms with van der Waals surface area (Å²) in [7, 11) is 0. The van der Waals surface area contributed by atoms with Crippen LogP contribution < -0.4 is 5.32 Å². The Kier molecular flexibility index (Phi) is 4.50. The van der Waals surface area contributed by atoms with Gasteiger partial charge in [0.1, 0.15) is 5.82 Å². The summed E-state index contributed by atoms with van der Waals surface area (Å²) in [5.74, 6) is 0.768. The Hall–Kier alpha value is -1.90. The molecule has 19 heavy (non-hydrogen) atoms. The van der Waals surface area contributed by atoms with Gasteiger partial charge in [0.15, 0.2) is 0 Å². The third-order valence-corrected chi connectivity index (χ3v) is 2.86. The minimum atomic E-state index is -0.461. The van der Waals surface area contributed by atoms with E-state index in [0.717, 1.165) is 6.42 Å². The Morgan fingerprint density at radius 3 is 2.37 bits per heavy atom. The molecule has 1 aromatic heterocycles. The van der Waals surface area contributed by atoms with E-state index in [0.29, 0.717) is 18.3 Å². The zero-order valence-electron chi connectivity index (χ0n) is 11.4. The zero-order chi connectivity index (χ0) is 13.7. The minimum absolute atomic E-state index is 0.461. The fourth-order valence-electron chi connectivity index (χ4n) is 1.96. The molecular weight excluding hydrogens is 239 g/mol. The van der Waals surface area contributed by atoms with Crippen LogP contribution in [-0.2, 0) is 13.0 Å². The van der Waals surface area contributed by atoms with Gasteiger partial charge in [-0.25, -0.2) is 4.98 Å². The maximum atomic E-state index is 12.9. The number of anilines is 1. The molecule has 2 rings (SSSR count). The molecule has 1 N–H and O–H groups in total. The number of hydrogen-bond acceptors (Lipinski definition) is 2. The van der Waals surface area contributed by atoms with Crippen LogP contribution in [0.1, 0.15) is 25.0 Å². The second-order valence-corrected chi connectivity index (χ2v) is 5.11. The molecular formula is C16H19FN2. The average molecular weight is 258 g/mol. The summed E-state index contributed by atoms with van der Waals surface area (Å²) in [6.07, 6.45) is 1.10. The highest BCUT2D eigenvalue weighted by molar-refractivity contribution is 5.35. The number of hydrogen-bond donors (Lipinski definition) is 1. The van der Waals surface area contributed by atoms with Crippen molar-refractivity contribution in [3.63, 3.8) is 0 Å². The summed E-state index contributed by atoms with van der Waals surface area (Å²) in [6, 6.07) is 13.2. The molecule has 2 nitrogen and oxygen atoms in total. The first kappa shape index (κ1) is 13.5. The van der Waals surface area contributed by atoms with Gasteiger partial charge in [0.05, 0.1) is 0 Å². The summed E-state index contributed by atoms with van der Waals surface area (Å²) in [4.78, 5) is 3.77. The fraction of sp³-hybridized carbons (Fsp3) is 0.312. The molecule has 0 fully saturated rings. The smallest absolute Gasteiger partial charge is 0.214 e. The second-order valence-electron chi connectivity index (χ2n) is 5.11. The Morgan fingerprint density at radius 1 is 1.05 bits per heavy atom. The zero-order valence-corrected chi connectivity index (χ0v) is 11.4. The van der Waals surface area contributed by atoms with Crippen molar-refractivity contribution in [2.75, 3.05) is 5.32 Å². The lowest BCUT2D eigenvalue weighted by Crippen LogP contribution is -2.02. The van der Waals surface area contributed by atoms with Gasteiger partial charge in [-0.2, -0.15) is 4.39 Å². The summed E-state index contributed by atoms with van der Waals surface area (Å²) in [5.41, 5.74) is 2.51. The standard InChI is InChI=1S/C16H19FN2/c1-12(2)10-13-6-8-14(9-7-13)11-18-16-5-3-4-15(17)19-16/h3-9,12H,10-11H2,1-2H3,(H,18,19). The molecule has 3 heteroatoms. The first-order valence-electron chi connectivity index (χ1n) is 6.58. The molecule has 0 saturated carbocycles. The molecule has 1 aromatic carbocycles. The van der Waals surface area contributed by atoms with Crippen molar-refractivity contribution in [2.24, 2.45) is 5.92 Å². The summed E-state index contributed by atoms with van der Waals surface area (Å²) in [5, 5.41) is 3.11. The lowest BCUT2D eigenvalue weighted by atomic mass is 10.0. The molecule has 0 aliphatic heterocycles. The molecule has 0 saturated heterocycles. The molecule has 0 atom stereocenters. The summed E-state index contributed by atoms with van der Waals surface area (Å²) >= 11 is 0. The molecule has 0 unspecified atom stereocenters. The predicted molar refractivity (Wildman–Crippen MR) is 76.5 cm³/mol. The summed E-state index contributed by atoms with van der Waals surface area (Å²) < 4.78 is 12.9. The van der Waals surface area contributed by atoms with Gasteiger partial charge in [0, 0.05) is 6.54 Å². The second kappa shape index (κ2) is 6.32. The molecule has 1 heterocycles. The Labute approximate surface area is 113 Å². The molecule has 0 bridgehead atoms. The van der Waals surface area contributed by atoms with E-state index >= 15 is 0 Å². The van der Waals surface area contributed by atoms with E-state index in [-0.39, 0.29) is 0 Å². The van der Waals surface area contributed by atoms with Crippen molar-refractivity contribution in [1.29, 1.82) is 0 Å². The number of aromatic nitrogens is 1. The van der Waals surface area contributed by atoms with Gasteiger partial charge in [-0.15, -0.1) is 0 Å². The highest BCUT2D eigenvalue weighted by Crippen LogP contribution is 2.11. The first-order valence-corrected chi connectivity index (χ1v) is 6.58. The lowest BCUT2D eigenvalue weighted by Gasteiger charge is -2.08. The van der Waals surface area contributed by atoms with Gasteiger partial charge in [0.25, 0.3) is 0 Å². The van der Waals surface area contributed by atoms with Crippen molar-refractivity contribution in [2.45, 2.75) is 26.8 Å². The number of nitrogens with zero attached hydrogens (tertiary/aromatic N) is 1. The van der Waals surface area contributed by atoms with E-state index in [1.807, 2.05) is 0 Å². The van der Waals surface area contributed by atoms with E-state index in [1.54, 1.807) is 12.1 Å². The van der Waals surface area contributed by atoms with Gasteiger partial charge in [-0.1, -0.05) is 44.2 Å². The van der Waals surface area contributed by atoms with E-state index in [4.69, 9.17) is 0 Å².